The highest BCUT2D eigenvalue weighted by molar-refractivity contribution is 8.00. The van der Waals surface area contributed by atoms with Crippen LogP contribution in [0.25, 0.3) is 0 Å². The van der Waals surface area contributed by atoms with E-state index >= 15 is 0 Å². The van der Waals surface area contributed by atoms with Gasteiger partial charge in [0.1, 0.15) is 5.78 Å². The van der Waals surface area contributed by atoms with Crippen LogP contribution in [-0.4, -0.2) is 16.8 Å². The number of thioether (sulfide) groups is 1. The Balaban J connectivity index is 1.88. The summed E-state index contributed by atoms with van der Waals surface area (Å²) >= 11 is 1.90. The van der Waals surface area contributed by atoms with Crippen LogP contribution < -0.4 is 0 Å². The molecule has 2 heteroatoms. The van der Waals surface area contributed by atoms with E-state index in [4.69, 9.17) is 0 Å². The van der Waals surface area contributed by atoms with Crippen molar-refractivity contribution in [2.75, 3.05) is 5.75 Å². The lowest BCUT2D eigenvalue weighted by atomic mass is 9.92. The van der Waals surface area contributed by atoms with Crippen LogP contribution in [0.3, 0.4) is 0 Å². The SMILES string of the molecule is O=C(C1CCCCCC1)C1CCCS1. The second-order valence-electron chi connectivity index (χ2n) is 4.59. The summed E-state index contributed by atoms with van der Waals surface area (Å²) in [4.78, 5) is 12.1. The van der Waals surface area contributed by atoms with E-state index in [2.05, 4.69) is 0 Å². The van der Waals surface area contributed by atoms with E-state index in [9.17, 15) is 4.79 Å². The number of hydrogen-bond donors (Lipinski definition) is 0. The first kappa shape index (κ1) is 10.5. The van der Waals surface area contributed by atoms with Crippen LogP contribution in [-0.2, 0) is 4.79 Å². The second-order valence-corrected chi connectivity index (χ2v) is 5.90. The third-order valence-electron chi connectivity index (χ3n) is 3.50. The van der Waals surface area contributed by atoms with Gasteiger partial charge in [0, 0.05) is 5.92 Å². The molecule has 1 aliphatic heterocycles. The van der Waals surface area contributed by atoms with E-state index in [0.29, 0.717) is 17.0 Å². The van der Waals surface area contributed by atoms with Crippen molar-refractivity contribution in [2.24, 2.45) is 5.92 Å². The average molecular weight is 212 g/mol. The molecule has 1 heterocycles. The van der Waals surface area contributed by atoms with Gasteiger partial charge in [-0.25, -0.2) is 0 Å². The first-order valence-corrected chi connectivity index (χ1v) is 7.08. The van der Waals surface area contributed by atoms with Gasteiger partial charge in [0.25, 0.3) is 0 Å². The zero-order chi connectivity index (χ0) is 9.80. The Morgan fingerprint density at radius 1 is 0.929 bits per heavy atom. The molecule has 1 aliphatic carbocycles. The summed E-state index contributed by atoms with van der Waals surface area (Å²) in [6.45, 7) is 0. The Bertz CT molecular complexity index is 188. The maximum atomic E-state index is 12.1. The molecule has 1 saturated carbocycles. The molecule has 1 nitrogen and oxygen atoms in total. The number of ketones is 1. The fourth-order valence-electron chi connectivity index (χ4n) is 2.63. The van der Waals surface area contributed by atoms with E-state index in [1.54, 1.807) is 0 Å². The maximum absolute atomic E-state index is 12.1. The van der Waals surface area contributed by atoms with Crippen LogP contribution in [0, 0.1) is 5.92 Å². The minimum absolute atomic E-state index is 0.373. The molecule has 1 atom stereocenters. The monoisotopic (exact) mass is 212 g/mol. The van der Waals surface area contributed by atoms with E-state index in [0.717, 1.165) is 6.42 Å². The van der Waals surface area contributed by atoms with Gasteiger partial charge in [-0.1, -0.05) is 25.7 Å². The lowest BCUT2D eigenvalue weighted by molar-refractivity contribution is -0.122. The Kier molecular flexibility index (Phi) is 3.91. The summed E-state index contributed by atoms with van der Waals surface area (Å²) in [5, 5.41) is 0.373. The van der Waals surface area contributed by atoms with Crippen LogP contribution in [0.5, 0.6) is 0 Å². The summed E-state index contributed by atoms with van der Waals surface area (Å²) in [6.07, 6.45) is 10.0. The third kappa shape index (κ3) is 2.53. The number of carbonyl (C=O) groups excluding carboxylic acids is 1. The smallest absolute Gasteiger partial charge is 0.148 e. The lowest BCUT2D eigenvalue weighted by Crippen LogP contribution is -2.23. The number of carbonyl (C=O) groups is 1. The number of Topliss-reactive ketones (excluding diaryl/α,β-unsaturated/α-hetero) is 1. The molecule has 0 amide bonds. The van der Waals surface area contributed by atoms with Crippen molar-refractivity contribution >= 4 is 17.5 Å². The fourth-order valence-corrected chi connectivity index (χ4v) is 3.94. The van der Waals surface area contributed by atoms with Crippen molar-refractivity contribution in [1.82, 2.24) is 0 Å². The van der Waals surface area contributed by atoms with Crippen LogP contribution in [0.4, 0.5) is 0 Å². The Hall–Kier alpha value is 0.0200. The van der Waals surface area contributed by atoms with Gasteiger partial charge in [0.15, 0.2) is 0 Å². The largest absolute Gasteiger partial charge is 0.298 e. The van der Waals surface area contributed by atoms with Gasteiger partial charge >= 0.3 is 0 Å². The molecular formula is C12H20OS. The predicted octanol–water partition coefficient (Wildman–Crippen LogP) is 3.42. The van der Waals surface area contributed by atoms with Crippen molar-refractivity contribution in [3.8, 4) is 0 Å². The molecule has 0 radical (unpaired) electrons. The third-order valence-corrected chi connectivity index (χ3v) is 4.90. The molecule has 0 spiro atoms. The number of rotatable bonds is 2. The summed E-state index contributed by atoms with van der Waals surface area (Å²) in [7, 11) is 0. The first-order chi connectivity index (χ1) is 6.88. The second kappa shape index (κ2) is 5.20. The standard InChI is InChI=1S/C12H20OS/c13-12(11-8-5-9-14-11)10-6-3-1-2-4-7-10/h10-11H,1-9H2. The Morgan fingerprint density at radius 2 is 1.64 bits per heavy atom. The van der Waals surface area contributed by atoms with Gasteiger partial charge in [0.05, 0.1) is 5.25 Å². The van der Waals surface area contributed by atoms with Gasteiger partial charge < -0.3 is 0 Å². The highest BCUT2D eigenvalue weighted by Crippen LogP contribution is 2.33. The summed E-state index contributed by atoms with van der Waals surface area (Å²) in [5.74, 6) is 2.23. The Labute approximate surface area is 91.0 Å². The molecular weight excluding hydrogens is 192 g/mol. The minimum Gasteiger partial charge on any atom is -0.298 e. The summed E-state index contributed by atoms with van der Waals surface area (Å²) in [6, 6.07) is 0. The molecule has 0 aromatic rings. The molecule has 2 rings (SSSR count). The zero-order valence-electron chi connectivity index (χ0n) is 8.84. The van der Waals surface area contributed by atoms with E-state index in [1.807, 2.05) is 11.8 Å². The summed E-state index contributed by atoms with van der Waals surface area (Å²) in [5.41, 5.74) is 0. The molecule has 0 N–H and O–H groups in total. The van der Waals surface area contributed by atoms with Crippen LogP contribution >= 0.6 is 11.8 Å². The van der Waals surface area contributed by atoms with Crippen molar-refractivity contribution in [2.45, 2.75) is 56.6 Å². The van der Waals surface area contributed by atoms with Gasteiger partial charge in [-0.05, 0) is 31.4 Å². The maximum Gasteiger partial charge on any atom is 0.148 e. The molecule has 0 aromatic heterocycles. The number of hydrogen-bond acceptors (Lipinski definition) is 2. The quantitative estimate of drug-likeness (QED) is 0.652. The van der Waals surface area contributed by atoms with E-state index < -0.39 is 0 Å². The fraction of sp³-hybridized carbons (Fsp3) is 0.917. The minimum atomic E-state index is 0.373. The van der Waals surface area contributed by atoms with Crippen LogP contribution in [0.2, 0.25) is 0 Å². The first-order valence-electron chi connectivity index (χ1n) is 6.03. The van der Waals surface area contributed by atoms with Gasteiger partial charge in [-0.3, -0.25) is 4.79 Å². The lowest BCUT2D eigenvalue weighted by Gasteiger charge is -2.16. The van der Waals surface area contributed by atoms with Crippen molar-refractivity contribution < 1.29 is 4.79 Å². The highest BCUT2D eigenvalue weighted by atomic mass is 32.2. The zero-order valence-corrected chi connectivity index (χ0v) is 9.65. The topological polar surface area (TPSA) is 17.1 Å². The molecule has 2 fully saturated rings. The average Bonchev–Trinajstić information content (AvgIpc) is 2.59. The Morgan fingerprint density at radius 3 is 2.21 bits per heavy atom. The molecule has 80 valence electrons. The predicted molar refractivity (Wildman–Crippen MR) is 61.7 cm³/mol. The summed E-state index contributed by atoms with van der Waals surface area (Å²) < 4.78 is 0. The molecule has 2 aliphatic rings. The van der Waals surface area contributed by atoms with Crippen molar-refractivity contribution in [1.29, 1.82) is 0 Å². The van der Waals surface area contributed by atoms with E-state index in [-0.39, 0.29) is 0 Å². The van der Waals surface area contributed by atoms with Crippen LogP contribution in [0.15, 0.2) is 0 Å². The van der Waals surface area contributed by atoms with Gasteiger partial charge in [0.2, 0.25) is 0 Å². The van der Waals surface area contributed by atoms with Crippen LogP contribution in [0.1, 0.15) is 51.4 Å². The molecule has 0 aromatic carbocycles. The van der Waals surface area contributed by atoms with Crippen molar-refractivity contribution in [3.05, 3.63) is 0 Å². The van der Waals surface area contributed by atoms with Crippen molar-refractivity contribution in [3.63, 3.8) is 0 Å². The van der Waals surface area contributed by atoms with E-state index in [1.165, 1.54) is 50.7 Å². The van der Waals surface area contributed by atoms with Gasteiger partial charge in [-0.2, -0.15) is 11.8 Å². The molecule has 1 saturated heterocycles. The highest BCUT2D eigenvalue weighted by Gasteiger charge is 2.29. The molecule has 1 unspecified atom stereocenters. The molecule has 14 heavy (non-hydrogen) atoms. The normalized spacial score (nSPS) is 30.1. The van der Waals surface area contributed by atoms with Gasteiger partial charge in [-0.15, -0.1) is 0 Å². The molecule has 0 bridgehead atoms.